The minimum absolute atomic E-state index is 0.0721. The molecule has 1 amide bonds. The molecule has 1 aliphatic heterocycles. The predicted octanol–water partition coefficient (Wildman–Crippen LogP) is 4.15. The highest BCUT2D eigenvalue weighted by atomic mass is 32.1. The fraction of sp³-hybridized carbons (Fsp3) is 0.304. The van der Waals surface area contributed by atoms with E-state index in [-0.39, 0.29) is 5.91 Å². The third-order valence-electron chi connectivity index (χ3n) is 5.19. The van der Waals surface area contributed by atoms with Crippen LogP contribution in [0.2, 0.25) is 0 Å². The summed E-state index contributed by atoms with van der Waals surface area (Å²) >= 11 is 1.43. The van der Waals surface area contributed by atoms with Gasteiger partial charge in [0.05, 0.1) is 6.20 Å². The molecule has 0 aliphatic carbocycles. The minimum Gasteiger partial charge on any atom is -0.359 e. The molecular weight excluding hydrogens is 380 g/mol. The highest BCUT2D eigenvalue weighted by Crippen LogP contribution is 2.22. The second kappa shape index (κ2) is 9.67. The van der Waals surface area contributed by atoms with Gasteiger partial charge in [-0.3, -0.25) is 9.69 Å². The van der Waals surface area contributed by atoms with E-state index in [1.54, 1.807) is 6.20 Å². The first-order valence-electron chi connectivity index (χ1n) is 10.1. The van der Waals surface area contributed by atoms with Crippen molar-refractivity contribution in [3.63, 3.8) is 0 Å². The van der Waals surface area contributed by atoms with Gasteiger partial charge in [0, 0.05) is 32.2 Å². The first-order chi connectivity index (χ1) is 14.3. The van der Waals surface area contributed by atoms with Crippen molar-refractivity contribution in [2.24, 2.45) is 0 Å². The van der Waals surface area contributed by atoms with E-state index < -0.39 is 0 Å². The van der Waals surface area contributed by atoms with Crippen LogP contribution in [-0.2, 0) is 13.1 Å². The number of thiazole rings is 1. The van der Waals surface area contributed by atoms with Gasteiger partial charge in [-0.05, 0) is 24.0 Å². The zero-order valence-electron chi connectivity index (χ0n) is 16.4. The fourth-order valence-corrected chi connectivity index (χ4v) is 4.37. The van der Waals surface area contributed by atoms with E-state index in [9.17, 15) is 4.79 Å². The van der Waals surface area contributed by atoms with Crippen molar-refractivity contribution in [1.82, 2.24) is 15.2 Å². The lowest BCUT2D eigenvalue weighted by molar-refractivity contribution is 0.0954. The molecule has 0 atom stereocenters. The van der Waals surface area contributed by atoms with E-state index in [0.717, 1.165) is 43.2 Å². The first-order valence-corrected chi connectivity index (χ1v) is 10.9. The maximum absolute atomic E-state index is 12.4. The van der Waals surface area contributed by atoms with Crippen LogP contribution in [0.1, 0.15) is 33.6 Å². The number of benzene rings is 2. The number of carbonyl (C=O) groups is 1. The van der Waals surface area contributed by atoms with Crippen molar-refractivity contribution >= 4 is 22.4 Å². The predicted molar refractivity (Wildman–Crippen MR) is 118 cm³/mol. The second-order valence-electron chi connectivity index (χ2n) is 7.38. The van der Waals surface area contributed by atoms with Crippen LogP contribution in [0.5, 0.6) is 0 Å². The molecule has 0 unspecified atom stereocenters. The van der Waals surface area contributed by atoms with Crippen LogP contribution in [0.4, 0.5) is 5.13 Å². The summed E-state index contributed by atoms with van der Waals surface area (Å²) in [6, 6.07) is 21.0. The van der Waals surface area contributed by atoms with Gasteiger partial charge in [-0.1, -0.05) is 72.0 Å². The number of piperidine rings is 1. The Kier molecular flexibility index (Phi) is 6.54. The topological polar surface area (TPSA) is 57.3 Å². The highest BCUT2D eigenvalue weighted by molar-refractivity contribution is 7.17. The van der Waals surface area contributed by atoms with Crippen LogP contribution >= 0.6 is 11.3 Å². The monoisotopic (exact) mass is 406 g/mol. The van der Waals surface area contributed by atoms with E-state index >= 15 is 0 Å². The quantitative estimate of drug-likeness (QED) is 0.619. The van der Waals surface area contributed by atoms with Gasteiger partial charge >= 0.3 is 0 Å². The number of rotatable bonds is 7. The van der Waals surface area contributed by atoms with Gasteiger partial charge in [-0.25, -0.2) is 4.98 Å². The Morgan fingerprint density at radius 2 is 1.66 bits per heavy atom. The van der Waals surface area contributed by atoms with Gasteiger partial charge in [-0.15, -0.1) is 0 Å². The molecule has 0 saturated carbocycles. The molecule has 2 N–H and O–H groups in total. The van der Waals surface area contributed by atoms with E-state index in [1.165, 1.54) is 16.9 Å². The fourth-order valence-electron chi connectivity index (χ4n) is 3.56. The van der Waals surface area contributed by atoms with Crippen molar-refractivity contribution in [3.8, 4) is 0 Å². The van der Waals surface area contributed by atoms with Crippen LogP contribution in [0.25, 0.3) is 0 Å². The van der Waals surface area contributed by atoms with Crippen LogP contribution in [-0.4, -0.2) is 34.9 Å². The number of hydrogen-bond acceptors (Lipinski definition) is 5. The standard InChI is InChI=1S/C23H26N4OS/c28-22(24-15-18-7-3-1-4-8-18)21-16-25-23(29-21)26-20-11-13-27(14-12-20)17-19-9-5-2-6-10-19/h1-10,16,20H,11-15,17H2,(H,24,28)(H,25,26). The average molecular weight is 407 g/mol. The molecule has 29 heavy (non-hydrogen) atoms. The lowest BCUT2D eigenvalue weighted by atomic mass is 10.0. The largest absolute Gasteiger partial charge is 0.359 e. The molecule has 1 aromatic heterocycles. The smallest absolute Gasteiger partial charge is 0.263 e. The highest BCUT2D eigenvalue weighted by Gasteiger charge is 2.20. The Bertz CT molecular complexity index is 905. The molecule has 2 aromatic carbocycles. The van der Waals surface area contributed by atoms with Crippen molar-refractivity contribution in [2.45, 2.75) is 32.0 Å². The van der Waals surface area contributed by atoms with Gasteiger partial charge in [-0.2, -0.15) is 0 Å². The molecule has 0 bridgehead atoms. The Balaban J connectivity index is 1.23. The van der Waals surface area contributed by atoms with E-state index in [2.05, 4.69) is 50.8 Å². The number of nitrogens with zero attached hydrogens (tertiary/aromatic N) is 2. The van der Waals surface area contributed by atoms with E-state index in [0.29, 0.717) is 17.5 Å². The summed E-state index contributed by atoms with van der Waals surface area (Å²) in [6.07, 6.45) is 3.84. The molecule has 4 rings (SSSR count). The third-order valence-corrected chi connectivity index (χ3v) is 6.12. The van der Waals surface area contributed by atoms with E-state index in [1.807, 2.05) is 30.3 Å². The van der Waals surface area contributed by atoms with Crippen molar-refractivity contribution in [1.29, 1.82) is 0 Å². The maximum atomic E-state index is 12.4. The Morgan fingerprint density at radius 3 is 2.34 bits per heavy atom. The van der Waals surface area contributed by atoms with Gasteiger partial charge in [0.15, 0.2) is 5.13 Å². The zero-order valence-corrected chi connectivity index (χ0v) is 17.2. The number of carbonyl (C=O) groups excluding carboxylic acids is 1. The average Bonchev–Trinajstić information content (AvgIpc) is 3.23. The number of hydrogen-bond donors (Lipinski definition) is 2. The summed E-state index contributed by atoms with van der Waals surface area (Å²) in [5, 5.41) is 7.30. The number of anilines is 1. The van der Waals surface area contributed by atoms with Crippen LogP contribution in [0.3, 0.4) is 0 Å². The molecule has 1 saturated heterocycles. The zero-order chi connectivity index (χ0) is 19.9. The summed E-state index contributed by atoms with van der Waals surface area (Å²) in [5.74, 6) is -0.0721. The molecule has 150 valence electrons. The molecule has 2 heterocycles. The Hall–Kier alpha value is -2.70. The van der Waals surface area contributed by atoms with E-state index in [4.69, 9.17) is 0 Å². The normalized spacial score (nSPS) is 15.2. The van der Waals surface area contributed by atoms with Crippen molar-refractivity contribution in [3.05, 3.63) is 82.9 Å². The third kappa shape index (κ3) is 5.65. The summed E-state index contributed by atoms with van der Waals surface area (Å²) < 4.78 is 0. The maximum Gasteiger partial charge on any atom is 0.263 e. The summed E-state index contributed by atoms with van der Waals surface area (Å²) in [4.78, 5) is 19.9. The van der Waals surface area contributed by atoms with Crippen LogP contribution in [0.15, 0.2) is 66.9 Å². The molecule has 3 aromatic rings. The SMILES string of the molecule is O=C(NCc1ccccc1)c1cnc(NC2CCN(Cc3ccccc3)CC2)s1. The Morgan fingerprint density at radius 1 is 1.00 bits per heavy atom. The van der Waals surface area contributed by atoms with Crippen LogP contribution < -0.4 is 10.6 Å². The molecule has 0 radical (unpaired) electrons. The second-order valence-corrected chi connectivity index (χ2v) is 8.41. The van der Waals surface area contributed by atoms with Crippen molar-refractivity contribution in [2.75, 3.05) is 18.4 Å². The lowest BCUT2D eigenvalue weighted by Crippen LogP contribution is -2.38. The molecule has 5 nitrogen and oxygen atoms in total. The molecule has 0 spiro atoms. The number of likely N-dealkylation sites (tertiary alicyclic amines) is 1. The summed E-state index contributed by atoms with van der Waals surface area (Å²) in [6.45, 7) is 3.68. The van der Waals surface area contributed by atoms with Gasteiger partial charge in [0.2, 0.25) is 0 Å². The van der Waals surface area contributed by atoms with Crippen molar-refractivity contribution < 1.29 is 4.79 Å². The van der Waals surface area contributed by atoms with Gasteiger partial charge in [0.1, 0.15) is 4.88 Å². The summed E-state index contributed by atoms with van der Waals surface area (Å²) in [5.41, 5.74) is 2.45. The Labute approximate surface area is 175 Å². The molecular formula is C23H26N4OS. The molecule has 6 heteroatoms. The van der Waals surface area contributed by atoms with Gasteiger partial charge in [0.25, 0.3) is 5.91 Å². The molecule has 1 aliphatic rings. The number of nitrogens with one attached hydrogen (secondary N) is 2. The first kappa shape index (κ1) is 19.6. The van der Waals surface area contributed by atoms with Crippen LogP contribution in [0, 0.1) is 0 Å². The lowest BCUT2D eigenvalue weighted by Gasteiger charge is -2.32. The number of amides is 1. The minimum atomic E-state index is -0.0721. The van der Waals surface area contributed by atoms with Gasteiger partial charge < -0.3 is 10.6 Å². The number of aromatic nitrogens is 1. The molecule has 1 fully saturated rings. The summed E-state index contributed by atoms with van der Waals surface area (Å²) in [7, 11) is 0.